The predicted octanol–water partition coefficient (Wildman–Crippen LogP) is 2.88. The molecule has 2 rings (SSSR count). The van der Waals surface area contributed by atoms with Gasteiger partial charge in [-0.3, -0.25) is 9.59 Å². The van der Waals surface area contributed by atoms with Crippen LogP contribution in [0.5, 0.6) is 0 Å². The highest BCUT2D eigenvalue weighted by molar-refractivity contribution is 5.83. The molecule has 0 aliphatic heterocycles. The Balaban J connectivity index is 2.30. The highest BCUT2D eigenvalue weighted by Crippen LogP contribution is 2.20. The van der Waals surface area contributed by atoms with Crippen LogP contribution in [0.1, 0.15) is 37.2 Å². The van der Waals surface area contributed by atoms with Crippen LogP contribution in [0.4, 0.5) is 4.39 Å². The van der Waals surface area contributed by atoms with E-state index >= 15 is 0 Å². The summed E-state index contributed by atoms with van der Waals surface area (Å²) >= 11 is 0. The molecule has 0 saturated carbocycles. The molecule has 0 saturated heterocycles. The van der Waals surface area contributed by atoms with Gasteiger partial charge in [-0.15, -0.1) is 0 Å². The van der Waals surface area contributed by atoms with Crippen LogP contribution in [-0.4, -0.2) is 44.3 Å². The normalized spacial score (nSPS) is 12.0. The first kappa shape index (κ1) is 19.6. The van der Waals surface area contributed by atoms with E-state index in [4.69, 9.17) is 5.11 Å². The number of carboxylic acid groups (broad SMARTS) is 1. The molecule has 140 valence electrons. The molecule has 0 bridgehead atoms. The summed E-state index contributed by atoms with van der Waals surface area (Å²) in [6.45, 7) is 7.08. The Labute approximate surface area is 152 Å². The van der Waals surface area contributed by atoms with Crippen LogP contribution in [0, 0.1) is 19.7 Å². The van der Waals surface area contributed by atoms with Crippen molar-refractivity contribution in [3.05, 3.63) is 47.0 Å². The molecule has 2 aromatic rings. The van der Waals surface area contributed by atoms with Gasteiger partial charge in [0.25, 0.3) is 0 Å². The summed E-state index contributed by atoms with van der Waals surface area (Å²) in [6, 6.07) is 5.79. The van der Waals surface area contributed by atoms with Gasteiger partial charge in [0.05, 0.1) is 17.8 Å². The molecule has 1 aromatic heterocycles. The first-order chi connectivity index (χ1) is 12.2. The summed E-state index contributed by atoms with van der Waals surface area (Å²) in [5, 5.41) is 13.5. The summed E-state index contributed by atoms with van der Waals surface area (Å²) < 4.78 is 14.8. The Bertz CT molecular complexity index is 799. The number of carbonyl (C=O) groups excluding carboxylic acids is 1. The van der Waals surface area contributed by atoms with E-state index in [1.54, 1.807) is 23.7 Å². The number of benzene rings is 1. The summed E-state index contributed by atoms with van der Waals surface area (Å²) in [7, 11) is 0. The van der Waals surface area contributed by atoms with Crippen molar-refractivity contribution in [3.8, 4) is 5.69 Å². The molecule has 0 aliphatic rings. The van der Waals surface area contributed by atoms with Crippen molar-refractivity contribution in [1.29, 1.82) is 0 Å². The van der Waals surface area contributed by atoms with Crippen molar-refractivity contribution in [1.82, 2.24) is 14.7 Å². The SMILES string of the molecule is CCC(C)N(CC(=O)O)C(=O)Cc1c(C)nn(-c2ccc(F)cc2)c1C. The van der Waals surface area contributed by atoms with Gasteiger partial charge in [0.1, 0.15) is 12.4 Å². The third-order valence-corrected chi connectivity index (χ3v) is 4.59. The summed E-state index contributed by atoms with van der Waals surface area (Å²) in [5.41, 5.74) is 2.94. The number of halogens is 1. The van der Waals surface area contributed by atoms with Crippen molar-refractivity contribution in [2.45, 2.75) is 46.6 Å². The zero-order valence-electron chi connectivity index (χ0n) is 15.5. The van der Waals surface area contributed by atoms with Crippen molar-refractivity contribution < 1.29 is 19.1 Å². The van der Waals surface area contributed by atoms with Crippen LogP contribution >= 0.6 is 0 Å². The van der Waals surface area contributed by atoms with E-state index in [0.29, 0.717) is 17.8 Å². The lowest BCUT2D eigenvalue weighted by molar-refractivity contribution is -0.145. The van der Waals surface area contributed by atoms with Gasteiger partial charge < -0.3 is 10.0 Å². The molecule has 0 aliphatic carbocycles. The van der Waals surface area contributed by atoms with Crippen LogP contribution in [0.2, 0.25) is 0 Å². The number of aryl methyl sites for hydroxylation is 1. The van der Waals surface area contributed by atoms with E-state index < -0.39 is 5.97 Å². The molecule has 1 aromatic carbocycles. The number of rotatable bonds is 7. The molecule has 1 N–H and O–H groups in total. The van der Waals surface area contributed by atoms with Crippen molar-refractivity contribution in [3.63, 3.8) is 0 Å². The predicted molar refractivity (Wildman–Crippen MR) is 95.8 cm³/mol. The minimum Gasteiger partial charge on any atom is -0.480 e. The van der Waals surface area contributed by atoms with Crippen molar-refractivity contribution >= 4 is 11.9 Å². The molecule has 26 heavy (non-hydrogen) atoms. The van der Waals surface area contributed by atoms with Gasteiger partial charge in [0.2, 0.25) is 5.91 Å². The van der Waals surface area contributed by atoms with Crippen molar-refractivity contribution in [2.24, 2.45) is 0 Å². The first-order valence-corrected chi connectivity index (χ1v) is 8.56. The van der Waals surface area contributed by atoms with Crippen LogP contribution in [-0.2, 0) is 16.0 Å². The molecule has 0 fully saturated rings. The standard InChI is InChI=1S/C19H24FN3O3/c1-5-12(2)22(11-19(25)26)18(24)10-17-13(3)21-23(14(17)4)16-8-6-15(20)7-9-16/h6-9,12H,5,10-11H2,1-4H3,(H,25,26). The van der Waals surface area contributed by atoms with E-state index in [-0.39, 0.29) is 30.7 Å². The zero-order valence-corrected chi connectivity index (χ0v) is 15.5. The van der Waals surface area contributed by atoms with Gasteiger partial charge in [0.15, 0.2) is 0 Å². The monoisotopic (exact) mass is 361 g/mol. The summed E-state index contributed by atoms with van der Waals surface area (Å²) in [4.78, 5) is 25.2. The maximum Gasteiger partial charge on any atom is 0.323 e. The maximum absolute atomic E-state index is 13.1. The summed E-state index contributed by atoms with van der Waals surface area (Å²) in [5.74, 6) is -1.61. The Kier molecular flexibility index (Phi) is 6.13. The molecular formula is C19H24FN3O3. The number of amides is 1. The maximum atomic E-state index is 13.1. The van der Waals surface area contributed by atoms with Gasteiger partial charge in [-0.1, -0.05) is 6.92 Å². The number of hydrogen-bond donors (Lipinski definition) is 1. The fourth-order valence-corrected chi connectivity index (χ4v) is 2.87. The second-order valence-electron chi connectivity index (χ2n) is 6.39. The van der Waals surface area contributed by atoms with Crippen molar-refractivity contribution in [2.75, 3.05) is 6.54 Å². The zero-order chi connectivity index (χ0) is 19.4. The van der Waals surface area contributed by atoms with Gasteiger partial charge >= 0.3 is 5.97 Å². The molecule has 1 amide bonds. The Morgan fingerprint density at radius 2 is 1.88 bits per heavy atom. The number of nitrogens with zero attached hydrogens (tertiary/aromatic N) is 3. The molecule has 0 radical (unpaired) electrons. The Morgan fingerprint density at radius 1 is 1.27 bits per heavy atom. The quantitative estimate of drug-likeness (QED) is 0.823. The molecule has 1 atom stereocenters. The molecular weight excluding hydrogens is 337 g/mol. The summed E-state index contributed by atoms with van der Waals surface area (Å²) in [6.07, 6.45) is 0.752. The molecule has 6 nitrogen and oxygen atoms in total. The highest BCUT2D eigenvalue weighted by Gasteiger charge is 2.24. The van der Waals surface area contributed by atoms with Gasteiger partial charge in [0, 0.05) is 17.3 Å². The Hall–Kier alpha value is -2.70. The van der Waals surface area contributed by atoms with E-state index in [1.165, 1.54) is 17.0 Å². The number of aliphatic carboxylic acids is 1. The minimum atomic E-state index is -1.03. The second kappa shape index (κ2) is 8.12. The number of carboxylic acids is 1. The number of aromatic nitrogens is 2. The van der Waals surface area contributed by atoms with Gasteiger partial charge in [-0.05, 0) is 51.5 Å². The lowest BCUT2D eigenvalue weighted by atomic mass is 10.1. The average molecular weight is 361 g/mol. The fraction of sp³-hybridized carbons (Fsp3) is 0.421. The first-order valence-electron chi connectivity index (χ1n) is 8.56. The lowest BCUT2D eigenvalue weighted by Crippen LogP contribution is -2.42. The van der Waals surface area contributed by atoms with Gasteiger partial charge in [-0.25, -0.2) is 9.07 Å². The molecule has 7 heteroatoms. The van der Waals surface area contributed by atoms with Crippen LogP contribution in [0.15, 0.2) is 24.3 Å². The van der Waals surface area contributed by atoms with Crippen LogP contribution in [0.3, 0.4) is 0 Å². The van der Waals surface area contributed by atoms with E-state index in [0.717, 1.165) is 11.3 Å². The number of carbonyl (C=O) groups is 2. The minimum absolute atomic E-state index is 0.0798. The average Bonchev–Trinajstić information content (AvgIpc) is 2.87. The van der Waals surface area contributed by atoms with Crippen LogP contribution < -0.4 is 0 Å². The molecule has 0 spiro atoms. The fourth-order valence-electron chi connectivity index (χ4n) is 2.87. The largest absolute Gasteiger partial charge is 0.480 e. The number of hydrogen-bond acceptors (Lipinski definition) is 3. The Morgan fingerprint density at radius 3 is 2.42 bits per heavy atom. The topological polar surface area (TPSA) is 75.4 Å². The highest BCUT2D eigenvalue weighted by atomic mass is 19.1. The smallest absolute Gasteiger partial charge is 0.323 e. The molecule has 1 heterocycles. The third kappa shape index (κ3) is 4.28. The second-order valence-corrected chi connectivity index (χ2v) is 6.39. The third-order valence-electron chi connectivity index (χ3n) is 4.59. The lowest BCUT2D eigenvalue weighted by Gasteiger charge is -2.27. The van der Waals surface area contributed by atoms with Crippen LogP contribution in [0.25, 0.3) is 5.69 Å². The van der Waals surface area contributed by atoms with E-state index in [2.05, 4.69) is 5.10 Å². The molecule has 1 unspecified atom stereocenters. The van der Waals surface area contributed by atoms with Gasteiger partial charge in [-0.2, -0.15) is 5.10 Å². The van der Waals surface area contributed by atoms with E-state index in [1.807, 2.05) is 20.8 Å². The van der Waals surface area contributed by atoms with E-state index in [9.17, 15) is 14.0 Å².